The minimum absolute atomic E-state index is 0.0581. The lowest BCUT2D eigenvalue weighted by molar-refractivity contribution is 0.383. The lowest BCUT2D eigenvalue weighted by atomic mass is 9.92. The maximum Gasteiger partial charge on any atom is 0.168 e. The van der Waals surface area contributed by atoms with Crippen LogP contribution in [0.5, 0.6) is 5.75 Å². The molecule has 0 aromatic heterocycles. The van der Waals surface area contributed by atoms with E-state index in [4.69, 9.17) is 10.5 Å². The van der Waals surface area contributed by atoms with E-state index in [1.807, 2.05) is 0 Å². The summed E-state index contributed by atoms with van der Waals surface area (Å²) in [6.45, 7) is 0.363. The van der Waals surface area contributed by atoms with Crippen LogP contribution in [0.15, 0.2) is 42.5 Å². The van der Waals surface area contributed by atoms with Gasteiger partial charge in [0, 0.05) is 5.92 Å². The molecule has 0 radical (unpaired) electrons. The first kappa shape index (κ1) is 14.5. The Balaban J connectivity index is 2.24. The quantitative estimate of drug-likeness (QED) is 0.910. The van der Waals surface area contributed by atoms with Crippen LogP contribution in [0, 0.1) is 11.6 Å². The van der Waals surface area contributed by atoms with Gasteiger partial charge in [-0.25, -0.2) is 8.78 Å². The van der Waals surface area contributed by atoms with Crippen molar-refractivity contribution in [2.75, 3.05) is 13.7 Å². The maximum absolute atomic E-state index is 14.1. The highest BCUT2D eigenvalue weighted by molar-refractivity contribution is 5.33. The van der Waals surface area contributed by atoms with Crippen LogP contribution < -0.4 is 10.5 Å². The second kappa shape index (κ2) is 6.48. The van der Waals surface area contributed by atoms with Gasteiger partial charge in [-0.15, -0.1) is 0 Å². The van der Waals surface area contributed by atoms with Crippen molar-refractivity contribution in [2.24, 2.45) is 5.73 Å². The van der Waals surface area contributed by atoms with Crippen LogP contribution in [0.3, 0.4) is 0 Å². The molecule has 0 saturated carbocycles. The Morgan fingerprint density at radius 1 is 1.10 bits per heavy atom. The van der Waals surface area contributed by atoms with Crippen LogP contribution in [0.25, 0.3) is 0 Å². The van der Waals surface area contributed by atoms with Gasteiger partial charge in [-0.3, -0.25) is 0 Å². The summed E-state index contributed by atoms with van der Waals surface area (Å²) in [7, 11) is 1.43. The van der Waals surface area contributed by atoms with Crippen molar-refractivity contribution in [2.45, 2.75) is 12.3 Å². The molecule has 0 bridgehead atoms. The minimum atomic E-state index is -0.365. The monoisotopic (exact) mass is 277 g/mol. The Morgan fingerprint density at radius 2 is 1.80 bits per heavy atom. The molecule has 2 rings (SSSR count). The molecule has 0 saturated heterocycles. The molecule has 0 spiro atoms. The van der Waals surface area contributed by atoms with E-state index in [9.17, 15) is 8.78 Å². The average molecular weight is 277 g/mol. The molecule has 1 unspecified atom stereocenters. The third-order valence-corrected chi connectivity index (χ3v) is 3.36. The summed E-state index contributed by atoms with van der Waals surface area (Å²) in [4.78, 5) is 0. The predicted octanol–water partition coefficient (Wildman–Crippen LogP) is 3.26. The van der Waals surface area contributed by atoms with E-state index in [0.717, 1.165) is 5.56 Å². The first-order valence-corrected chi connectivity index (χ1v) is 6.42. The number of ether oxygens (including phenoxy) is 1. The van der Waals surface area contributed by atoms with E-state index in [-0.39, 0.29) is 23.3 Å². The summed E-state index contributed by atoms with van der Waals surface area (Å²) in [5, 5.41) is 0. The first-order valence-electron chi connectivity index (χ1n) is 6.42. The summed E-state index contributed by atoms with van der Waals surface area (Å²) in [5.74, 6) is -0.498. The molecule has 2 N–H and O–H groups in total. The largest absolute Gasteiger partial charge is 0.494 e. The molecular weight excluding hydrogens is 260 g/mol. The summed E-state index contributed by atoms with van der Waals surface area (Å²) >= 11 is 0. The van der Waals surface area contributed by atoms with E-state index in [1.54, 1.807) is 30.3 Å². The van der Waals surface area contributed by atoms with E-state index in [1.165, 1.54) is 19.2 Å². The van der Waals surface area contributed by atoms with Crippen LogP contribution >= 0.6 is 0 Å². The second-order valence-corrected chi connectivity index (χ2v) is 4.62. The number of rotatable bonds is 5. The zero-order valence-corrected chi connectivity index (χ0v) is 11.3. The molecule has 0 heterocycles. The Kier molecular flexibility index (Phi) is 4.69. The zero-order chi connectivity index (χ0) is 14.5. The summed E-state index contributed by atoms with van der Waals surface area (Å²) in [6.07, 6.45) is 0.450. The normalized spacial score (nSPS) is 12.2. The van der Waals surface area contributed by atoms with Crippen LogP contribution in [0.1, 0.15) is 17.0 Å². The van der Waals surface area contributed by atoms with Crippen molar-refractivity contribution in [1.82, 2.24) is 0 Å². The molecule has 2 aromatic carbocycles. The summed E-state index contributed by atoms with van der Waals surface area (Å²) in [6, 6.07) is 11.2. The highest BCUT2D eigenvalue weighted by Crippen LogP contribution is 2.26. The lowest BCUT2D eigenvalue weighted by Crippen LogP contribution is -2.16. The van der Waals surface area contributed by atoms with Crippen LogP contribution in [-0.2, 0) is 6.42 Å². The van der Waals surface area contributed by atoms with Gasteiger partial charge in [0.15, 0.2) is 11.6 Å². The SMILES string of the molecule is COc1cccc(CC(CN)c2ccc(F)cc2)c1F. The molecule has 4 heteroatoms. The van der Waals surface area contributed by atoms with Gasteiger partial charge < -0.3 is 10.5 Å². The molecule has 0 aliphatic heterocycles. The smallest absolute Gasteiger partial charge is 0.168 e. The molecule has 0 fully saturated rings. The Bertz CT molecular complexity index is 569. The van der Waals surface area contributed by atoms with Crippen molar-refractivity contribution in [3.05, 3.63) is 65.2 Å². The van der Waals surface area contributed by atoms with Crippen molar-refractivity contribution in [1.29, 1.82) is 0 Å². The summed E-state index contributed by atoms with van der Waals surface area (Å²) < 4.78 is 32.0. The van der Waals surface area contributed by atoms with Crippen LogP contribution in [0.4, 0.5) is 8.78 Å². The first-order chi connectivity index (χ1) is 9.65. The van der Waals surface area contributed by atoms with Gasteiger partial charge in [-0.2, -0.15) is 0 Å². The lowest BCUT2D eigenvalue weighted by Gasteiger charge is -2.16. The molecular formula is C16H17F2NO. The van der Waals surface area contributed by atoms with Gasteiger partial charge in [0.05, 0.1) is 7.11 Å². The van der Waals surface area contributed by atoms with E-state index in [0.29, 0.717) is 18.5 Å². The number of benzene rings is 2. The van der Waals surface area contributed by atoms with Crippen molar-refractivity contribution in [3.8, 4) is 5.75 Å². The minimum Gasteiger partial charge on any atom is -0.494 e. The highest BCUT2D eigenvalue weighted by Gasteiger charge is 2.15. The van der Waals surface area contributed by atoms with Gasteiger partial charge in [0.1, 0.15) is 5.82 Å². The Hall–Kier alpha value is -1.94. The number of hydrogen-bond donors (Lipinski definition) is 1. The second-order valence-electron chi connectivity index (χ2n) is 4.62. The van der Waals surface area contributed by atoms with Crippen LogP contribution in [0.2, 0.25) is 0 Å². The maximum atomic E-state index is 14.1. The fraction of sp³-hybridized carbons (Fsp3) is 0.250. The third-order valence-electron chi connectivity index (χ3n) is 3.36. The third kappa shape index (κ3) is 3.14. The highest BCUT2D eigenvalue weighted by atomic mass is 19.1. The predicted molar refractivity (Wildman–Crippen MR) is 74.9 cm³/mol. The topological polar surface area (TPSA) is 35.2 Å². The fourth-order valence-electron chi connectivity index (χ4n) is 2.21. The van der Waals surface area contributed by atoms with E-state index < -0.39 is 0 Å². The number of hydrogen-bond acceptors (Lipinski definition) is 2. The Labute approximate surface area is 117 Å². The standard InChI is InChI=1S/C16H17F2NO/c1-20-15-4-2-3-12(16(15)18)9-13(10-19)11-5-7-14(17)8-6-11/h2-8,13H,9-10,19H2,1H3. The number of methoxy groups -OCH3 is 1. The van der Waals surface area contributed by atoms with Gasteiger partial charge in [0.2, 0.25) is 0 Å². The fourth-order valence-corrected chi connectivity index (χ4v) is 2.21. The van der Waals surface area contributed by atoms with E-state index >= 15 is 0 Å². The molecule has 20 heavy (non-hydrogen) atoms. The molecule has 0 aliphatic carbocycles. The summed E-state index contributed by atoms with van der Waals surface area (Å²) in [5.41, 5.74) is 7.21. The number of halogens is 2. The van der Waals surface area contributed by atoms with Crippen molar-refractivity contribution in [3.63, 3.8) is 0 Å². The Morgan fingerprint density at radius 3 is 2.40 bits per heavy atom. The van der Waals surface area contributed by atoms with Crippen LogP contribution in [-0.4, -0.2) is 13.7 Å². The number of nitrogens with two attached hydrogens (primary N) is 1. The molecule has 2 nitrogen and oxygen atoms in total. The zero-order valence-electron chi connectivity index (χ0n) is 11.3. The van der Waals surface area contributed by atoms with Gasteiger partial charge >= 0.3 is 0 Å². The molecule has 0 aliphatic rings. The van der Waals surface area contributed by atoms with Crippen molar-refractivity contribution < 1.29 is 13.5 Å². The molecule has 106 valence electrons. The van der Waals surface area contributed by atoms with Gasteiger partial charge in [-0.1, -0.05) is 24.3 Å². The molecule has 2 aromatic rings. The van der Waals surface area contributed by atoms with Gasteiger partial charge in [-0.05, 0) is 42.3 Å². The average Bonchev–Trinajstić information content (AvgIpc) is 2.47. The van der Waals surface area contributed by atoms with Crippen molar-refractivity contribution >= 4 is 0 Å². The van der Waals surface area contributed by atoms with Gasteiger partial charge in [0.25, 0.3) is 0 Å². The van der Waals surface area contributed by atoms with E-state index in [2.05, 4.69) is 0 Å². The molecule has 1 atom stereocenters. The molecule has 0 amide bonds.